The average Bonchev–Trinajstić information content (AvgIpc) is 3.04. The number of hydrogen-bond acceptors (Lipinski definition) is 10. The normalized spacial score (nSPS) is 24.7. The van der Waals surface area contributed by atoms with Crippen LogP contribution in [-0.2, 0) is 38.1 Å². The Labute approximate surface area is 187 Å². The van der Waals surface area contributed by atoms with Gasteiger partial charge < -0.3 is 28.7 Å². The third kappa shape index (κ3) is 5.40. The molecule has 1 N–H and O–H groups in total. The Hall–Kier alpha value is -3.67. The molecule has 0 bridgehead atoms. The number of carbonyl (C=O) groups is 4. The zero-order chi connectivity index (χ0) is 24.3. The number of amides is 1. The summed E-state index contributed by atoms with van der Waals surface area (Å²) in [6.07, 6.45) is -4.94. The third-order valence-corrected chi connectivity index (χ3v) is 4.86. The molecule has 33 heavy (non-hydrogen) atoms. The van der Waals surface area contributed by atoms with E-state index in [2.05, 4.69) is 5.32 Å². The minimum atomic E-state index is -1.28. The molecule has 5 atom stereocenters. The molecule has 1 saturated heterocycles. The molecule has 1 fully saturated rings. The van der Waals surface area contributed by atoms with E-state index in [1.165, 1.54) is 13.8 Å². The van der Waals surface area contributed by atoms with Crippen LogP contribution in [0.2, 0.25) is 0 Å². The molecule has 1 aromatic heterocycles. The Bertz CT molecular complexity index is 1120. The van der Waals surface area contributed by atoms with Gasteiger partial charge in [-0.25, -0.2) is 9.36 Å². The number of esters is 3. The SMILES string of the molecule is CC(=O)N[C@@H]1[C@H](OC(C)=O)[C@H](OC(C)=O)[C@H](COC(C)=O)O[C@H]1n1c(=O)oc2ccccc21. The van der Waals surface area contributed by atoms with E-state index in [0.717, 1.165) is 18.4 Å². The zero-order valence-electron chi connectivity index (χ0n) is 18.4. The van der Waals surface area contributed by atoms with Gasteiger partial charge in [0.05, 0.1) is 5.52 Å². The van der Waals surface area contributed by atoms with Gasteiger partial charge in [0.2, 0.25) is 5.91 Å². The van der Waals surface area contributed by atoms with Crippen molar-refractivity contribution in [2.75, 3.05) is 6.61 Å². The number of fused-ring (bicyclic) bond motifs is 1. The lowest BCUT2D eigenvalue weighted by Crippen LogP contribution is -2.64. The summed E-state index contributed by atoms with van der Waals surface area (Å²) in [5, 5.41) is 2.61. The highest BCUT2D eigenvalue weighted by atomic mass is 16.6. The van der Waals surface area contributed by atoms with Crippen molar-refractivity contribution >= 4 is 34.9 Å². The van der Waals surface area contributed by atoms with Gasteiger partial charge in [-0.3, -0.25) is 19.2 Å². The monoisotopic (exact) mass is 464 g/mol. The van der Waals surface area contributed by atoms with E-state index in [4.69, 9.17) is 23.4 Å². The molecule has 2 heterocycles. The average molecular weight is 464 g/mol. The van der Waals surface area contributed by atoms with Gasteiger partial charge in [-0.15, -0.1) is 0 Å². The van der Waals surface area contributed by atoms with E-state index in [-0.39, 0.29) is 12.2 Å². The molecule has 0 unspecified atom stereocenters. The lowest BCUT2D eigenvalue weighted by atomic mass is 9.94. The van der Waals surface area contributed by atoms with Crippen LogP contribution in [0.25, 0.3) is 11.1 Å². The Balaban J connectivity index is 2.16. The second-order valence-electron chi connectivity index (χ2n) is 7.45. The molecule has 12 heteroatoms. The van der Waals surface area contributed by atoms with Gasteiger partial charge in [0.1, 0.15) is 18.8 Å². The van der Waals surface area contributed by atoms with E-state index in [1.54, 1.807) is 24.3 Å². The van der Waals surface area contributed by atoms with E-state index in [1.807, 2.05) is 0 Å². The lowest BCUT2D eigenvalue weighted by Gasteiger charge is -2.45. The predicted octanol–water partition coefficient (Wildman–Crippen LogP) is 0.423. The summed E-state index contributed by atoms with van der Waals surface area (Å²) in [5.74, 6) is -3.40. The van der Waals surface area contributed by atoms with Gasteiger partial charge in [-0.2, -0.15) is 0 Å². The van der Waals surface area contributed by atoms with Gasteiger partial charge >= 0.3 is 23.7 Å². The van der Waals surface area contributed by atoms with Crippen molar-refractivity contribution in [2.45, 2.75) is 58.3 Å². The van der Waals surface area contributed by atoms with Crippen LogP contribution in [0.1, 0.15) is 33.9 Å². The molecule has 1 aliphatic heterocycles. The van der Waals surface area contributed by atoms with Gasteiger partial charge in [0, 0.05) is 27.7 Å². The minimum Gasteiger partial charge on any atom is -0.463 e. The Morgan fingerprint density at radius 1 is 0.970 bits per heavy atom. The summed E-state index contributed by atoms with van der Waals surface area (Å²) in [6.45, 7) is 4.31. The first-order valence-corrected chi connectivity index (χ1v) is 10.1. The second kappa shape index (κ2) is 9.86. The maximum Gasteiger partial charge on any atom is 0.422 e. The van der Waals surface area contributed by atoms with Crippen LogP contribution < -0.4 is 11.1 Å². The van der Waals surface area contributed by atoms with Crippen LogP contribution in [-0.4, -0.2) is 59.3 Å². The fraction of sp³-hybridized carbons (Fsp3) is 0.476. The minimum absolute atomic E-state index is 0.260. The lowest BCUT2D eigenvalue weighted by molar-refractivity contribution is -0.237. The van der Waals surface area contributed by atoms with E-state index in [9.17, 15) is 24.0 Å². The van der Waals surface area contributed by atoms with E-state index >= 15 is 0 Å². The molecule has 0 radical (unpaired) electrons. The summed E-state index contributed by atoms with van der Waals surface area (Å²) < 4.78 is 28.3. The number of ether oxygens (including phenoxy) is 4. The highest BCUT2D eigenvalue weighted by Crippen LogP contribution is 2.34. The van der Waals surface area contributed by atoms with Crippen molar-refractivity contribution in [1.29, 1.82) is 0 Å². The van der Waals surface area contributed by atoms with Crippen molar-refractivity contribution in [2.24, 2.45) is 0 Å². The number of para-hydroxylation sites is 2. The molecule has 0 saturated carbocycles. The summed E-state index contributed by atoms with van der Waals surface area (Å²) in [7, 11) is 0. The number of carbonyl (C=O) groups excluding carboxylic acids is 4. The Kier molecular flexibility index (Phi) is 7.16. The van der Waals surface area contributed by atoms with Crippen molar-refractivity contribution in [1.82, 2.24) is 9.88 Å². The Morgan fingerprint density at radius 2 is 1.61 bits per heavy atom. The first-order valence-electron chi connectivity index (χ1n) is 10.1. The standard InChI is InChI=1S/C21H24N2O10/c1-10(24)22-17-19(31-13(4)27)18(30-12(3)26)16(9-29-11(2)25)32-20(17)23-14-7-5-6-8-15(14)33-21(23)28/h5-8,16-20H,9H2,1-4H3,(H,22,24)/t16-,17+,18+,19-,20+/m0/s1. The van der Waals surface area contributed by atoms with Crippen LogP contribution in [0.4, 0.5) is 0 Å². The second-order valence-corrected chi connectivity index (χ2v) is 7.45. The number of oxazole rings is 1. The molecular formula is C21H24N2O10. The molecule has 1 aromatic carbocycles. The first-order chi connectivity index (χ1) is 15.6. The van der Waals surface area contributed by atoms with E-state index in [0.29, 0.717) is 5.52 Å². The molecule has 1 amide bonds. The molecule has 0 spiro atoms. The highest BCUT2D eigenvalue weighted by molar-refractivity contribution is 5.75. The quantitative estimate of drug-likeness (QED) is 0.470. The smallest absolute Gasteiger partial charge is 0.422 e. The summed E-state index contributed by atoms with van der Waals surface area (Å²) in [5.41, 5.74) is 0.608. The molecule has 3 rings (SSSR count). The number of rotatable bonds is 6. The molecule has 0 aliphatic carbocycles. The van der Waals surface area contributed by atoms with E-state index < -0.39 is 60.2 Å². The number of hydrogen-bond donors (Lipinski definition) is 1. The summed E-state index contributed by atoms with van der Waals surface area (Å²) >= 11 is 0. The van der Waals surface area contributed by atoms with Crippen LogP contribution in [0, 0.1) is 0 Å². The number of aromatic nitrogens is 1. The summed E-state index contributed by atoms with van der Waals surface area (Å²) in [4.78, 5) is 60.0. The van der Waals surface area contributed by atoms with Crippen LogP contribution in [0.5, 0.6) is 0 Å². The van der Waals surface area contributed by atoms with Gasteiger partial charge in [-0.1, -0.05) is 12.1 Å². The number of nitrogens with zero attached hydrogens (tertiary/aromatic N) is 1. The van der Waals surface area contributed by atoms with Crippen LogP contribution in [0.3, 0.4) is 0 Å². The van der Waals surface area contributed by atoms with Gasteiger partial charge in [-0.05, 0) is 12.1 Å². The highest BCUT2D eigenvalue weighted by Gasteiger charge is 2.52. The number of nitrogens with one attached hydrogen (secondary N) is 1. The summed E-state index contributed by atoms with van der Waals surface area (Å²) in [6, 6.07) is 5.36. The zero-order valence-corrected chi connectivity index (χ0v) is 18.4. The largest absolute Gasteiger partial charge is 0.463 e. The fourth-order valence-corrected chi connectivity index (χ4v) is 3.75. The fourth-order valence-electron chi connectivity index (χ4n) is 3.75. The topological polar surface area (TPSA) is 152 Å². The van der Waals surface area contributed by atoms with Gasteiger partial charge in [0.15, 0.2) is 24.0 Å². The van der Waals surface area contributed by atoms with Gasteiger partial charge in [0.25, 0.3) is 0 Å². The Morgan fingerprint density at radius 3 is 2.21 bits per heavy atom. The molecular weight excluding hydrogens is 440 g/mol. The van der Waals surface area contributed by atoms with Crippen molar-refractivity contribution < 1.29 is 42.5 Å². The molecule has 12 nitrogen and oxygen atoms in total. The predicted molar refractivity (Wildman–Crippen MR) is 110 cm³/mol. The van der Waals surface area contributed by atoms with Crippen molar-refractivity contribution in [3.8, 4) is 0 Å². The van der Waals surface area contributed by atoms with Crippen molar-refractivity contribution in [3.63, 3.8) is 0 Å². The molecule has 178 valence electrons. The third-order valence-electron chi connectivity index (χ3n) is 4.86. The number of benzene rings is 1. The molecule has 2 aromatic rings. The molecule has 1 aliphatic rings. The van der Waals surface area contributed by atoms with Crippen molar-refractivity contribution in [3.05, 3.63) is 34.8 Å². The maximum atomic E-state index is 12.8. The van der Waals surface area contributed by atoms with Crippen LogP contribution in [0.15, 0.2) is 33.5 Å². The first kappa shape index (κ1) is 24.0. The maximum absolute atomic E-state index is 12.8. The van der Waals surface area contributed by atoms with Crippen LogP contribution >= 0.6 is 0 Å².